The van der Waals surface area contributed by atoms with Gasteiger partial charge < -0.3 is 10.1 Å². The van der Waals surface area contributed by atoms with E-state index in [1.807, 2.05) is 31.7 Å². The van der Waals surface area contributed by atoms with Crippen LogP contribution in [-0.2, 0) is 0 Å². The zero-order chi connectivity index (χ0) is 12.1. The second kappa shape index (κ2) is 6.10. The minimum atomic E-state index is 0.142. The number of rotatable bonds is 4. The monoisotopic (exact) mass is 253 g/mol. The van der Waals surface area contributed by atoms with Gasteiger partial charge in [0, 0.05) is 12.1 Å². The summed E-state index contributed by atoms with van der Waals surface area (Å²) in [4.78, 5) is 8.33. The van der Waals surface area contributed by atoms with Crippen LogP contribution in [-0.4, -0.2) is 33.6 Å². The van der Waals surface area contributed by atoms with Crippen molar-refractivity contribution in [3.63, 3.8) is 0 Å². The van der Waals surface area contributed by atoms with E-state index in [2.05, 4.69) is 15.3 Å². The lowest BCUT2D eigenvalue weighted by molar-refractivity contribution is 0.232. The molecule has 4 nitrogen and oxygen atoms in total. The molecule has 1 aromatic heterocycles. The van der Waals surface area contributed by atoms with Crippen LogP contribution in [0.4, 0.5) is 5.82 Å². The predicted octanol–water partition coefficient (Wildman–Crippen LogP) is 2.57. The van der Waals surface area contributed by atoms with Crippen molar-refractivity contribution < 1.29 is 4.74 Å². The molecule has 0 atom stereocenters. The third-order valence-electron chi connectivity index (χ3n) is 2.57. The van der Waals surface area contributed by atoms with Crippen LogP contribution in [0.25, 0.3) is 0 Å². The van der Waals surface area contributed by atoms with Gasteiger partial charge in [-0.05, 0) is 38.2 Å². The maximum absolute atomic E-state index is 5.55. The van der Waals surface area contributed by atoms with Gasteiger partial charge in [0.25, 0.3) is 0 Å². The van der Waals surface area contributed by atoms with Crippen molar-refractivity contribution in [1.82, 2.24) is 9.97 Å². The number of hydrogen-bond acceptors (Lipinski definition) is 5. The number of nitrogens with zero attached hydrogens (tertiary/aromatic N) is 2. The maximum Gasteiger partial charge on any atom is 0.218 e. The Hall–Kier alpha value is -0.970. The Bertz CT molecular complexity index is 353. The molecule has 0 radical (unpaired) electrons. The van der Waals surface area contributed by atoms with Crippen LogP contribution >= 0.6 is 11.8 Å². The molecule has 0 spiro atoms. The summed E-state index contributed by atoms with van der Waals surface area (Å²) in [5, 5.41) is 3.45. The summed E-state index contributed by atoms with van der Waals surface area (Å²) in [6.45, 7) is 3.99. The molecule has 1 fully saturated rings. The van der Waals surface area contributed by atoms with Crippen LogP contribution < -0.4 is 10.1 Å². The smallest absolute Gasteiger partial charge is 0.218 e. The van der Waals surface area contributed by atoms with Crippen molar-refractivity contribution in [2.75, 3.05) is 16.8 Å². The van der Waals surface area contributed by atoms with Crippen LogP contribution in [0.5, 0.6) is 5.88 Å². The van der Waals surface area contributed by atoms with Crippen molar-refractivity contribution in [1.29, 1.82) is 0 Å². The van der Waals surface area contributed by atoms with Gasteiger partial charge in [-0.3, -0.25) is 0 Å². The van der Waals surface area contributed by atoms with Gasteiger partial charge in [-0.25, -0.2) is 9.97 Å². The molecule has 0 bridgehead atoms. The molecule has 1 saturated heterocycles. The Morgan fingerprint density at radius 2 is 2.12 bits per heavy atom. The predicted molar refractivity (Wildman–Crippen MR) is 71.8 cm³/mol. The van der Waals surface area contributed by atoms with Crippen LogP contribution in [0.1, 0.15) is 26.7 Å². The molecule has 1 aromatic rings. The van der Waals surface area contributed by atoms with Crippen LogP contribution in [0.2, 0.25) is 0 Å². The number of thioether (sulfide) groups is 1. The molecule has 0 saturated carbocycles. The number of aromatic nitrogens is 2. The molecule has 1 aliphatic rings. The zero-order valence-electron chi connectivity index (χ0n) is 10.3. The SMILES string of the molecule is CC(C)Oc1cc(NC2CCSCC2)ncn1. The summed E-state index contributed by atoms with van der Waals surface area (Å²) in [5.41, 5.74) is 0. The molecule has 5 heteroatoms. The first-order chi connectivity index (χ1) is 8.24. The molecular formula is C12H19N3OS. The topological polar surface area (TPSA) is 47.0 Å². The van der Waals surface area contributed by atoms with Crippen molar-refractivity contribution in [2.45, 2.75) is 38.8 Å². The van der Waals surface area contributed by atoms with Gasteiger partial charge in [0.1, 0.15) is 12.1 Å². The fourth-order valence-electron chi connectivity index (χ4n) is 1.78. The van der Waals surface area contributed by atoms with E-state index in [1.165, 1.54) is 24.3 Å². The second-order valence-electron chi connectivity index (χ2n) is 4.44. The molecule has 94 valence electrons. The fourth-order valence-corrected chi connectivity index (χ4v) is 2.88. The van der Waals surface area contributed by atoms with E-state index in [1.54, 1.807) is 6.33 Å². The van der Waals surface area contributed by atoms with E-state index in [0.717, 1.165) is 5.82 Å². The Labute approximate surface area is 107 Å². The van der Waals surface area contributed by atoms with Gasteiger partial charge in [-0.1, -0.05) is 0 Å². The summed E-state index contributed by atoms with van der Waals surface area (Å²) in [6.07, 6.45) is 4.10. The first kappa shape index (κ1) is 12.5. The summed E-state index contributed by atoms with van der Waals surface area (Å²) >= 11 is 2.02. The van der Waals surface area contributed by atoms with Gasteiger partial charge >= 0.3 is 0 Å². The Kier molecular flexibility index (Phi) is 4.48. The Morgan fingerprint density at radius 1 is 1.35 bits per heavy atom. The lowest BCUT2D eigenvalue weighted by Gasteiger charge is -2.23. The molecule has 0 unspecified atom stereocenters. The highest BCUT2D eigenvalue weighted by Gasteiger charge is 2.14. The first-order valence-electron chi connectivity index (χ1n) is 6.07. The second-order valence-corrected chi connectivity index (χ2v) is 5.66. The van der Waals surface area contributed by atoms with Gasteiger partial charge in [-0.15, -0.1) is 0 Å². The van der Waals surface area contributed by atoms with Gasteiger partial charge in [0.05, 0.1) is 6.10 Å². The lowest BCUT2D eigenvalue weighted by Crippen LogP contribution is -2.25. The maximum atomic E-state index is 5.55. The fraction of sp³-hybridized carbons (Fsp3) is 0.667. The minimum Gasteiger partial charge on any atom is -0.475 e. The molecule has 0 aliphatic carbocycles. The van der Waals surface area contributed by atoms with Crippen molar-refractivity contribution in [2.24, 2.45) is 0 Å². The highest BCUT2D eigenvalue weighted by molar-refractivity contribution is 7.99. The third kappa shape index (κ3) is 4.07. The van der Waals surface area contributed by atoms with E-state index in [0.29, 0.717) is 11.9 Å². The normalized spacial score (nSPS) is 17.1. The first-order valence-corrected chi connectivity index (χ1v) is 7.22. The molecule has 1 N–H and O–H groups in total. The highest BCUT2D eigenvalue weighted by atomic mass is 32.2. The third-order valence-corrected chi connectivity index (χ3v) is 3.62. The van der Waals surface area contributed by atoms with Crippen LogP contribution in [0.15, 0.2) is 12.4 Å². The van der Waals surface area contributed by atoms with Gasteiger partial charge in [0.2, 0.25) is 5.88 Å². The summed E-state index contributed by atoms with van der Waals surface area (Å²) in [5.74, 6) is 3.98. The van der Waals surface area contributed by atoms with E-state index >= 15 is 0 Å². The summed E-state index contributed by atoms with van der Waals surface area (Å²) < 4.78 is 5.55. The number of ether oxygens (including phenoxy) is 1. The summed E-state index contributed by atoms with van der Waals surface area (Å²) in [6, 6.07) is 2.42. The zero-order valence-corrected chi connectivity index (χ0v) is 11.2. The average molecular weight is 253 g/mol. The Morgan fingerprint density at radius 3 is 2.82 bits per heavy atom. The minimum absolute atomic E-state index is 0.142. The average Bonchev–Trinajstić information content (AvgIpc) is 2.30. The van der Waals surface area contributed by atoms with Crippen LogP contribution in [0, 0.1) is 0 Å². The molecule has 0 aromatic carbocycles. The van der Waals surface area contributed by atoms with E-state index < -0.39 is 0 Å². The molecule has 17 heavy (non-hydrogen) atoms. The molecule has 2 rings (SSSR count). The van der Waals surface area contributed by atoms with E-state index in [4.69, 9.17) is 4.74 Å². The van der Waals surface area contributed by atoms with Crippen molar-refractivity contribution >= 4 is 17.6 Å². The number of nitrogens with one attached hydrogen (secondary N) is 1. The molecule has 2 heterocycles. The highest BCUT2D eigenvalue weighted by Crippen LogP contribution is 2.21. The van der Waals surface area contributed by atoms with Gasteiger partial charge in [0.15, 0.2) is 0 Å². The molecule has 0 amide bonds. The van der Waals surface area contributed by atoms with E-state index in [9.17, 15) is 0 Å². The largest absolute Gasteiger partial charge is 0.475 e. The molecular weight excluding hydrogens is 234 g/mol. The number of anilines is 1. The lowest BCUT2D eigenvalue weighted by atomic mass is 10.1. The van der Waals surface area contributed by atoms with Crippen molar-refractivity contribution in [3.05, 3.63) is 12.4 Å². The quantitative estimate of drug-likeness (QED) is 0.893. The summed E-state index contributed by atoms with van der Waals surface area (Å²) in [7, 11) is 0. The standard InChI is InChI=1S/C12H19N3OS/c1-9(2)16-12-7-11(13-8-14-12)15-10-3-5-17-6-4-10/h7-10H,3-6H2,1-2H3,(H,13,14,15). The van der Waals surface area contributed by atoms with Crippen molar-refractivity contribution in [3.8, 4) is 5.88 Å². The van der Waals surface area contributed by atoms with Gasteiger partial charge in [-0.2, -0.15) is 11.8 Å². The molecule has 1 aliphatic heterocycles. The number of hydrogen-bond donors (Lipinski definition) is 1. The van der Waals surface area contributed by atoms with Crippen LogP contribution in [0.3, 0.4) is 0 Å². The Balaban J connectivity index is 1.95. The van der Waals surface area contributed by atoms with E-state index in [-0.39, 0.29) is 6.10 Å².